The van der Waals surface area contributed by atoms with E-state index in [2.05, 4.69) is 27.5 Å². The molecular formula is C14H21N5O. The van der Waals surface area contributed by atoms with Crippen LogP contribution in [0.1, 0.15) is 24.6 Å². The molecule has 0 aliphatic heterocycles. The number of aromatic nitrogens is 4. The zero-order chi connectivity index (χ0) is 14.2. The summed E-state index contributed by atoms with van der Waals surface area (Å²) in [5.74, 6) is 0.763. The van der Waals surface area contributed by atoms with Gasteiger partial charge in [0.1, 0.15) is 0 Å². The van der Waals surface area contributed by atoms with Crippen molar-refractivity contribution in [3.63, 3.8) is 0 Å². The fraction of sp³-hybridized carbons (Fsp3) is 0.500. The third-order valence-electron chi connectivity index (χ3n) is 3.02. The lowest BCUT2D eigenvalue weighted by molar-refractivity contribution is 0.199. The van der Waals surface area contributed by atoms with Crippen molar-refractivity contribution in [1.82, 2.24) is 25.3 Å². The molecule has 0 saturated heterocycles. The van der Waals surface area contributed by atoms with Crippen LogP contribution < -0.4 is 5.32 Å². The first-order valence-corrected chi connectivity index (χ1v) is 6.90. The van der Waals surface area contributed by atoms with Gasteiger partial charge in [-0.25, -0.2) is 4.68 Å². The minimum Gasteiger partial charge on any atom is -0.383 e. The average Bonchev–Trinajstić information content (AvgIpc) is 2.88. The summed E-state index contributed by atoms with van der Waals surface area (Å²) >= 11 is 0. The molecule has 2 rings (SSSR count). The lowest BCUT2D eigenvalue weighted by Crippen LogP contribution is -2.19. The lowest BCUT2D eigenvalue weighted by atomic mass is 10.1. The van der Waals surface area contributed by atoms with E-state index in [1.807, 2.05) is 23.0 Å². The zero-order valence-corrected chi connectivity index (χ0v) is 12.0. The molecule has 0 bridgehead atoms. The van der Waals surface area contributed by atoms with Crippen molar-refractivity contribution in [3.8, 4) is 5.82 Å². The van der Waals surface area contributed by atoms with E-state index in [9.17, 15) is 0 Å². The highest BCUT2D eigenvalue weighted by molar-refractivity contribution is 5.28. The van der Waals surface area contributed by atoms with Crippen LogP contribution in [0, 0.1) is 0 Å². The van der Waals surface area contributed by atoms with Crippen molar-refractivity contribution in [2.24, 2.45) is 0 Å². The summed E-state index contributed by atoms with van der Waals surface area (Å²) in [6.07, 6.45) is 5.61. The molecule has 0 aliphatic carbocycles. The van der Waals surface area contributed by atoms with Gasteiger partial charge in [0, 0.05) is 32.0 Å². The summed E-state index contributed by atoms with van der Waals surface area (Å²) in [7, 11) is 1.70. The SMILES string of the molecule is CCCc1c(CNCCOC)cnn1-c1cccnn1. The largest absolute Gasteiger partial charge is 0.383 e. The first-order valence-electron chi connectivity index (χ1n) is 6.90. The molecule has 0 unspecified atom stereocenters. The van der Waals surface area contributed by atoms with Crippen molar-refractivity contribution in [1.29, 1.82) is 0 Å². The van der Waals surface area contributed by atoms with Crippen molar-refractivity contribution in [2.75, 3.05) is 20.3 Å². The third kappa shape index (κ3) is 3.61. The molecule has 2 aromatic heterocycles. The van der Waals surface area contributed by atoms with Crippen molar-refractivity contribution in [3.05, 3.63) is 35.8 Å². The third-order valence-corrected chi connectivity index (χ3v) is 3.02. The van der Waals surface area contributed by atoms with Crippen LogP contribution in [-0.4, -0.2) is 40.2 Å². The topological polar surface area (TPSA) is 64.9 Å². The van der Waals surface area contributed by atoms with Gasteiger partial charge in [0.2, 0.25) is 0 Å². The molecule has 6 heteroatoms. The molecule has 0 atom stereocenters. The second kappa shape index (κ2) is 7.72. The van der Waals surface area contributed by atoms with Gasteiger partial charge in [-0.05, 0) is 18.6 Å². The molecule has 0 saturated carbocycles. The number of rotatable bonds is 8. The predicted octanol–water partition coefficient (Wildman–Crippen LogP) is 1.35. The summed E-state index contributed by atoms with van der Waals surface area (Å²) < 4.78 is 6.91. The number of nitrogens with one attached hydrogen (secondary N) is 1. The molecule has 2 heterocycles. The Morgan fingerprint density at radius 1 is 1.40 bits per heavy atom. The Labute approximate surface area is 119 Å². The molecule has 6 nitrogen and oxygen atoms in total. The Morgan fingerprint density at radius 3 is 3.00 bits per heavy atom. The maximum atomic E-state index is 5.03. The Balaban J connectivity index is 2.15. The van der Waals surface area contributed by atoms with Gasteiger partial charge in [0.15, 0.2) is 5.82 Å². The lowest BCUT2D eigenvalue weighted by Gasteiger charge is -2.08. The fourth-order valence-corrected chi connectivity index (χ4v) is 2.06. The number of hydrogen-bond acceptors (Lipinski definition) is 5. The molecule has 0 aliphatic rings. The van der Waals surface area contributed by atoms with E-state index in [4.69, 9.17) is 4.74 Å². The maximum Gasteiger partial charge on any atom is 0.175 e. The molecule has 0 amide bonds. The van der Waals surface area contributed by atoms with E-state index in [1.54, 1.807) is 13.3 Å². The molecule has 2 aromatic rings. The second-order valence-electron chi connectivity index (χ2n) is 4.53. The number of nitrogens with zero attached hydrogens (tertiary/aromatic N) is 4. The van der Waals surface area contributed by atoms with E-state index >= 15 is 0 Å². The summed E-state index contributed by atoms with van der Waals surface area (Å²) in [6.45, 7) is 4.49. The van der Waals surface area contributed by atoms with E-state index < -0.39 is 0 Å². The molecule has 1 N–H and O–H groups in total. The van der Waals surface area contributed by atoms with Crippen molar-refractivity contribution >= 4 is 0 Å². The van der Waals surface area contributed by atoms with Crippen LogP contribution >= 0.6 is 0 Å². The van der Waals surface area contributed by atoms with Crippen molar-refractivity contribution < 1.29 is 4.74 Å². The Bertz CT molecular complexity index is 512. The van der Waals surface area contributed by atoms with E-state index in [0.29, 0.717) is 6.61 Å². The normalized spacial score (nSPS) is 10.9. The first-order chi connectivity index (χ1) is 9.86. The fourth-order valence-electron chi connectivity index (χ4n) is 2.06. The van der Waals surface area contributed by atoms with Gasteiger partial charge in [-0.2, -0.15) is 10.2 Å². The highest BCUT2D eigenvalue weighted by Gasteiger charge is 2.12. The van der Waals surface area contributed by atoms with Crippen LogP contribution in [0.25, 0.3) is 5.82 Å². The van der Waals surface area contributed by atoms with Crippen LogP contribution in [-0.2, 0) is 17.7 Å². The first kappa shape index (κ1) is 14.6. The van der Waals surface area contributed by atoms with Gasteiger partial charge < -0.3 is 10.1 Å². The average molecular weight is 275 g/mol. The standard InChI is InChI=1S/C14H21N5O/c1-3-5-13-12(10-15-8-9-20-2)11-17-19(13)14-6-4-7-16-18-14/h4,6-7,11,15H,3,5,8-10H2,1-2H3. The Morgan fingerprint density at radius 2 is 2.30 bits per heavy atom. The Kier molecular flexibility index (Phi) is 5.64. The maximum absolute atomic E-state index is 5.03. The van der Waals surface area contributed by atoms with Crippen LogP contribution in [0.3, 0.4) is 0 Å². The molecule has 0 spiro atoms. The Hall–Kier alpha value is -1.79. The van der Waals surface area contributed by atoms with Gasteiger partial charge in [-0.15, -0.1) is 5.10 Å². The number of methoxy groups -OCH3 is 1. The minimum absolute atomic E-state index is 0.710. The van der Waals surface area contributed by atoms with E-state index in [-0.39, 0.29) is 0 Å². The minimum atomic E-state index is 0.710. The van der Waals surface area contributed by atoms with Crippen LogP contribution in [0.2, 0.25) is 0 Å². The predicted molar refractivity (Wildman–Crippen MR) is 76.7 cm³/mol. The monoisotopic (exact) mass is 275 g/mol. The van der Waals surface area contributed by atoms with Crippen molar-refractivity contribution in [2.45, 2.75) is 26.3 Å². The molecule has 108 valence electrons. The van der Waals surface area contributed by atoms with Gasteiger partial charge in [0.05, 0.1) is 18.5 Å². The van der Waals surface area contributed by atoms with Gasteiger partial charge in [0.25, 0.3) is 0 Å². The molecule has 0 radical (unpaired) electrons. The zero-order valence-electron chi connectivity index (χ0n) is 12.0. The van der Waals surface area contributed by atoms with Crippen LogP contribution in [0.15, 0.2) is 24.5 Å². The van der Waals surface area contributed by atoms with Gasteiger partial charge in [-0.3, -0.25) is 0 Å². The highest BCUT2D eigenvalue weighted by atomic mass is 16.5. The van der Waals surface area contributed by atoms with E-state index in [1.165, 1.54) is 11.3 Å². The quantitative estimate of drug-likeness (QED) is 0.737. The number of ether oxygens (including phenoxy) is 1. The van der Waals surface area contributed by atoms with Gasteiger partial charge >= 0.3 is 0 Å². The van der Waals surface area contributed by atoms with Gasteiger partial charge in [-0.1, -0.05) is 13.3 Å². The second-order valence-corrected chi connectivity index (χ2v) is 4.53. The smallest absolute Gasteiger partial charge is 0.175 e. The van der Waals surface area contributed by atoms with Crippen LogP contribution in [0.4, 0.5) is 0 Å². The highest BCUT2D eigenvalue weighted by Crippen LogP contribution is 2.14. The summed E-state index contributed by atoms with van der Waals surface area (Å²) in [6, 6.07) is 3.79. The molecule has 0 fully saturated rings. The molecule has 0 aromatic carbocycles. The molecule has 20 heavy (non-hydrogen) atoms. The molecular weight excluding hydrogens is 254 g/mol. The summed E-state index contributed by atoms with van der Waals surface area (Å²) in [5.41, 5.74) is 2.39. The summed E-state index contributed by atoms with van der Waals surface area (Å²) in [4.78, 5) is 0. The summed E-state index contributed by atoms with van der Waals surface area (Å²) in [5, 5.41) is 15.8. The van der Waals surface area contributed by atoms with Crippen LogP contribution in [0.5, 0.6) is 0 Å². The number of hydrogen-bond donors (Lipinski definition) is 1. The van der Waals surface area contributed by atoms with E-state index in [0.717, 1.165) is 31.7 Å².